The van der Waals surface area contributed by atoms with Gasteiger partial charge in [-0.25, -0.2) is 0 Å². The molecule has 4 nitrogen and oxygen atoms in total. The van der Waals surface area contributed by atoms with Crippen molar-refractivity contribution in [3.63, 3.8) is 0 Å². The van der Waals surface area contributed by atoms with E-state index in [0.29, 0.717) is 13.1 Å². The van der Waals surface area contributed by atoms with Crippen LogP contribution in [0.5, 0.6) is 0 Å². The number of rotatable bonds is 5. The van der Waals surface area contributed by atoms with Crippen molar-refractivity contribution in [3.05, 3.63) is 0 Å². The maximum Gasteiger partial charge on any atom is 0.280 e. The lowest BCUT2D eigenvalue weighted by atomic mass is 10.1. The zero-order chi connectivity index (χ0) is 12.9. The minimum atomic E-state index is -3.47. The van der Waals surface area contributed by atoms with Gasteiger partial charge in [-0.2, -0.15) is 17.4 Å². The first kappa shape index (κ1) is 15.5. The molecule has 1 aliphatic heterocycles. The molecule has 1 aliphatic rings. The van der Waals surface area contributed by atoms with Gasteiger partial charge in [-0.3, -0.25) is 0 Å². The first-order chi connectivity index (χ1) is 7.93. The largest absolute Gasteiger partial charge is 0.280 e. The Balaban J connectivity index is 2.72. The zero-order valence-corrected chi connectivity index (χ0v) is 12.4. The van der Waals surface area contributed by atoms with Crippen LogP contribution in [-0.4, -0.2) is 43.1 Å². The van der Waals surface area contributed by atoms with Crippen molar-refractivity contribution >= 4 is 33.4 Å². The van der Waals surface area contributed by atoms with E-state index in [-0.39, 0.29) is 11.8 Å². The Morgan fingerprint density at radius 2 is 1.59 bits per heavy atom. The highest BCUT2D eigenvalue weighted by molar-refractivity contribution is 7.87. The van der Waals surface area contributed by atoms with E-state index in [2.05, 4.69) is 4.72 Å². The summed E-state index contributed by atoms with van der Waals surface area (Å²) in [5, 5.41) is 0. The van der Waals surface area contributed by atoms with Crippen LogP contribution in [0.3, 0.4) is 0 Å². The third-order valence-electron chi connectivity index (χ3n) is 2.87. The Morgan fingerprint density at radius 3 is 2.00 bits per heavy atom. The molecule has 1 saturated heterocycles. The second kappa shape index (κ2) is 6.57. The summed E-state index contributed by atoms with van der Waals surface area (Å²) in [5.74, 6) is 0.313. The summed E-state index contributed by atoms with van der Waals surface area (Å²) < 4.78 is 28.4. The highest BCUT2D eigenvalue weighted by Gasteiger charge is 2.32. The highest BCUT2D eigenvalue weighted by Crippen LogP contribution is 2.16. The molecular weight excluding hydrogens is 283 g/mol. The van der Waals surface area contributed by atoms with Gasteiger partial charge < -0.3 is 0 Å². The molecule has 0 aromatic heterocycles. The number of halogens is 2. The van der Waals surface area contributed by atoms with Gasteiger partial charge >= 0.3 is 0 Å². The SMILES string of the molecule is CC(CCl)(CCl)NS(=O)(=O)N1CCCCCC1. The van der Waals surface area contributed by atoms with Gasteiger partial charge in [0.15, 0.2) is 0 Å². The maximum atomic E-state index is 12.2. The van der Waals surface area contributed by atoms with Crippen molar-refractivity contribution in [2.75, 3.05) is 24.8 Å². The van der Waals surface area contributed by atoms with E-state index in [1.54, 1.807) is 6.92 Å². The quantitative estimate of drug-likeness (QED) is 0.789. The predicted octanol–water partition coefficient (Wildman–Crippen LogP) is 1.93. The molecule has 7 heteroatoms. The highest BCUT2D eigenvalue weighted by atomic mass is 35.5. The molecule has 0 radical (unpaired) electrons. The molecule has 0 aliphatic carbocycles. The smallest absolute Gasteiger partial charge is 0.195 e. The molecule has 0 atom stereocenters. The van der Waals surface area contributed by atoms with E-state index in [0.717, 1.165) is 25.7 Å². The monoisotopic (exact) mass is 302 g/mol. The van der Waals surface area contributed by atoms with Gasteiger partial charge in [0.2, 0.25) is 0 Å². The van der Waals surface area contributed by atoms with Crippen molar-refractivity contribution in [1.29, 1.82) is 0 Å². The Kier molecular flexibility index (Phi) is 5.99. The number of alkyl halides is 2. The van der Waals surface area contributed by atoms with Crippen LogP contribution in [0, 0.1) is 0 Å². The molecule has 0 aromatic rings. The lowest BCUT2D eigenvalue weighted by molar-refractivity contribution is 0.395. The molecule has 1 fully saturated rings. The molecule has 102 valence electrons. The van der Waals surface area contributed by atoms with Crippen LogP contribution >= 0.6 is 23.2 Å². The fourth-order valence-corrected chi connectivity index (χ4v) is 3.96. The Morgan fingerprint density at radius 1 is 1.12 bits per heavy atom. The van der Waals surface area contributed by atoms with Gasteiger partial charge in [-0.05, 0) is 19.8 Å². The lowest BCUT2D eigenvalue weighted by Crippen LogP contribution is -2.54. The normalized spacial score (nSPS) is 20.2. The second-order valence-electron chi connectivity index (χ2n) is 4.75. The van der Waals surface area contributed by atoms with Gasteiger partial charge in [-0.15, -0.1) is 23.2 Å². The molecule has 1 N–H and O–H groups in total. The maximum absolute atomic E-state index is 12.2. The van der Waals surface area contributed by atoms with Crippen LogP contribution in [0.2, 0.25) is 0 Å². The Hall–Kier alpha value is 0.450. The van der Waals surface area contributed by atoms with Crippen molar-refractivity contribution < 1.29 is 8.42 Å². The number of hydrogen-bond donors (Lipinski definition) is 1. The minimum absolute atomic E-state index is 0.156. The molecule has 1 rings (SSSR count). The number of hydrogen-bond acceptors (Lipinski definition) is 2. The van der Waals surface area contributed by atoms with E-state index in [1.807, 2.05) is 0 Å². The summed E-state index contributed by atoms with van der Waals surface area (Å²) in [6, 6.07) is 0. The summed E-state index contributed by atoms with van der Waals surface area (Å²) in [6.07, 6.45) is 4.02. The molecule has 1 heterocycles. The van der Waals surface area contributed by atoms with Crippen molar-refractivity contribution in [1.82, 2.24) is 9.03 Å². The lowest BCUT2D eigenvalue weighted by Gasteiger charge is -2.29. The molecule has 0 amide bonds. The zero-order valence-electron chi connectivity index (χ0n) is 10.1. The number of nitrogens with one attached hydrogen (secondary N) is 1. The fourth-order valence-electron chi connectivity index (χ4n) is 1.75. The average Bonchev–Trinajstić information content (AvgIpc) is 2.57. The summed E-state index contributed by atoms with van der Waals surface area (Å²) >= 11 is 11.5. The van der Waals surface area contributed by atoms with Crippen LogP contribution in [0.4, 0.5) is 0 Å². The van der Waals surface area contributed by atoms with Crippen LogP contribution in [-0.2, 0) is 10.2 Å². The molecule has 0 saturated carbocycles. The molecule has 17 heavy (non-hydrogen) atoms. The summed E-state index contributed by atoms with van der Waals surface area (Å²) in [6.45, 7) is 2.87. The Bertz CT molecular complexity index is 323. The molecule has 0 spiro atoms. The average molecular weight is 303 g/mol. The third-order valence-corrected chi connectivity index (χ3v) is 5.85. The Labute approximate surface area is 114 Å². The molecule has 0 unspecified atom stereocenters. The van der Waals surface area contributed by atoms with E-state index < -0.39 is 15.7 Å². The first-order valence-corrected chi connectivity index (χ1v) is 8.35. The van der Waals surface area contributed by atoms with E-state index in [9.17, 15) is 8.42 Å². The van der Waals surface area contributed by atoms with Gasteiger partial charge in [0.05, 0.1) is 5.54 Å². The van der Waals surface area contributed by atoms with Crippen molar-refractivity contribution in [2.45, 2.75) is 38.1 Å². The van der Waals surface area contributed by atoms with E-state index >= 15 is 0 Å². The minimum Gasteiger partial charge on any atom is -0.195 e. The molecule has 0 bridgehead atoms. The van der Waals surface area contributed by atoms with Gasteiger partial charge in [0.1, 0.15) is 0 Å². The molecule has 0 aromatic carbocycles. The van der Waals surface area contributed by atoms with E-state index in [4.69, 9.17) is 23.2 Å². The van der Waals surface area contributed by atoms with E-state index in [1.165, 1.54) is 4.31 Å². The van der Waals surface area contributed by atoms with Crippen LogP contribution in [0.15, 0.2) is 0 Å². The van der Waals surface area contributed by atoms with Crippen molar-refractivity contribution in [3.8, 4) is 0 Å². The van der Waals surface area contributed by atoms with Gasteiger partial charge in [-0.1, -0.05) is 12.8 Å². The second-order valence-corrected chi connectivity index (χ2v) is 6.95. The van der Waals surface area contributed by atoms with Gasteiger partial charge in [0, 0.05) is 24.8 Å². The topological polar surface area (TPSA) is 49.4 Å². The summed E-state index contributed by atoms with van der Waals surface area (Å²) in [5.41, 5.74) is -0.783. The van der Waals surface area contributed by atoms with Crippen LogP contribution < -0.4 is 4.72 Å². The third kappa shape index (κ3) is 4.56. The number of nitrogens with zero attached hydrogens (tertiary/aromatic N) is 1. The van der Waals surface area contributed by atoms with Crippen molar-refractivity contribution in [2.24, 2.45) is 0 Å². The first-order valence-electron chi connectivity index (χ1n) is 5.84. The van der Waals surface area contributed by atoms with Crippen LogP contribution in [0.25, 0.3) is 0 Å². The van der Waals surface area contributed by atoms with Crippen LogP contribution in [0.1, 0.15) is 32.6 Å². The standard InChI is InChI=1S/C10H20Cl2N2O2S/c1-10(8-11,9-12)13-17(15,16)14-6-4-2-3-5-7-14/h13H,2-9H2,1H3. The van der Waals surface area contributed by atoms with Gasteiger partial charge in [0.25, 0.3) is 10.2 Å². The molecular formula is C10H20Cl2N2O2S. The summed E-state index contributed by atoms with van der Waals surface area (Å²) in [4.78, 5) is 0. The summed E-state index contributed by atoms with van der Waals surface area (Å²) in [7, 11) is -3.47. The predicted molar refractivity (Wildman–Crippen MR) is 71.9 cm³/mol. The fraction of sp³-hybridized carbons (Fsp3) is 1.00.